The molecule has 0 N–H and O–H groups in total. The summed E-state index contributed by atoms with van der Waals surface area (Å²) in [7, 11) is 0. The van der Waals surface area contributed by atoms with Gasteiger partial charge in [0, 0.05) is 21.7 Å². The van der Waals surface area contributed by atoms with Crippen LogP contribution in [0.25, 0.3) is 0 Å². The minimum absolute atomic E-state index is 0.00864. The lowest BCUT2D eigenvalue weighted by Gasteiger charge is -2.28. The number of thioether (sulfide) groups is 1. The Labute approximate surface area is 136 Å². The molecule has 2 aromatic carbocycles. The third-order valence-electron chi connectivity index (χ3n) is 3.21. The fourth-order valence-corrected chi connectivity index (χ4v) is 3.44. The first-order valence-corrected chi connectivity index (χ1v) is 8.42. The van der Waals surface area contributed by atoms with E-state index in [1.54, 1.807) is 11.8 Å². The zero-order chi connectivity index (χ0) is 14.7. The van der Waals surface area contributed by atoms with E-state index in [1.165, 1.54) is 0 Å². The van der Waals surface area contributed by atoms with Crippen LogP contribution in [0.15, 0.2) is 57.9 Å². The second kappa shape index (κ2) is 6.54. The van der Waals surface area contributed by atoms with Crippen LogP contribution in [0.3, 0.4) is 0 Å². The average molecular weight is 364 g/mol. The number of rotatable bonds is 3. The van der Waals surface area contributed by atoms with Crippen LogP contribution in [0.4, 0.5) is 5.69 Å². The van der Waals surface area contributed by atoms with E-state index < -0.39 is 0 Å². The molecule has 1 amide bonds. The summed E-state index contributed by atoms with van der Waals surface area (Å²) in [6.07, 6.45) is 0. The molecular weight excluding hydrogens is 350 g/mol. The molecule has 3 nitrogen and oxygen atoms in total. The highest BCUT2D eigenvalue weighted by Crippen LogP contribution is 2.34. The van der Waals surface area contributed by atoms with Gasteiger partial charge in [-0.25, -0.2) is 0 Å². The normalized spacial score (nSPS) is 13.7. The molecule has 0 atom stereocenters. The number of carbonyl (C=O) groups is 1. The molecule has 0 fully saturated rings. The highest BCUT2D eigenvalue weighted by Gasteiger charge is 2.22. The topological polar surface area (TPSA) is 29.5 Å². The van der Waals surface area contributed by atoms with E-state index in [1.807, 2.05) is 47.4 Å². The molecule has 0 aliphatic carbocycles. The van der Waals surface area contributed by atoms with Gasteiger partial charge in [-0.1, -0.05) is 28.1 Å². The summed E-state index contributed by atoms with van der Waals surface area (Å²) in [6.45, 7) is 0.783. The van der Waals surface area contributed by atoms with Crippen molar-refractivity contribution in [1.29, 1.82) is 0 Å². The molecule has 0 saturated heterocycles. The first-order chi connectivity index (χ1) is 10.2. The van der Waals surface area contributed by atoms with E-state index in [0.717, 1.165) is 27.4 Å². The lowest BCUT2D eigenvalue weighted by molar-refractivity contribution is -0.120. The lowest BCUT2D eigenvalue weighted by Crippen LogP contribution is -2.38. The average Bonchev–Trinajstić information content (AvgIpc) is 2.53. The zero-order valence-electron chi connectivity index (χ0n) is 11.3. The van der Waals surface area contributed by atoms with Crippen LogP contribution >= 0.6 is 27.7 Å². The van der Waals surface area contributed by atoms with E-state index in [-0.39, 0.29) is 12.5 Å². The van der Waals surface area contributed by atoms with Crippen molar-refractivity contribution in [1.82, 2.24) is 0 Å². The number of benzene rings is 2. The Bertz CT molecular complexity index is 645. The maximum atomic E-state index is 12.4. The van der Waals surface area contributed by atoms with Crippen molar-refractivity contribution in [3.63, 3.8) is 0 Å². The number of anilines is 1. The van der Waals surface area contributed by atoms with Gasteiger partial charge in [0.25, 0.3) is 5.91 Å². The van der Waals surface area contributed by atoms with Crippen LogP contribution in [-0.4, -0.2) is 24.8 Å². The van der Waals surface area contributed by atoms with Crippen LogP contribution in [0.2, 0.25) is 0 Å². The Balaban J connectivity index is 1.68. The van der Waals surface area contributed by atoms with E-state index >= 15 is 0 Å². The maximum Gasteiger partial charge on any atom is 0.264 e. The van der Waals surface area contributed by atoms with E-state index in [2.05, 4.69) is 22.0 Å². The second-order valence-corrected chi connectivity index (χ2v) is 6.66. The number of halogens is 1. The highest BCUT2D eigenvalue weighted by molar-refractivity contribution is 9.10. The van der Waals surface area contributed by atoms with Crippen LogP contribution in [0.5, 0.6) is 5.75 Å². The van der Waals surface area contributed by atoms with Crippen LogP contribution in [0, 0.1) is 0 Å². The zero-order valence-corrected chi connectivity index (χ0v) is 13.7. The maximum absolute atomic E-state index is 12.4. The lowest BCUT2D eigenvalue weighted by atomic mass is 10.2. The van der Waals surface area contributed by atoms with Crippen molar-refractivity contribution < 1.29 is 9.53 Å². The van der Waals surface area contributed by atoms with Gasteiger partial charge in [0.05, 0.1) is 5.69 Å². The van der Waals surface area contributed by atoms with Crippen LogP contribution in [0.1, 0.15) is 0 Å². The van der Waals surface area contributed by atoms with Crippen molar-refractivity contribution in [3.8, 4) is 5.75 Å². The van der Waals surface area contributed by atoms with Gasteiger partial charge in [0.2, 0.25) is 0 Å². The minimum Gasteiger partial charge on any atom is -0.484 e. The summed E-state index contributed by atoms with van der Waals surface area (Å²) < 4.78 is 6.56. The smallest absolute Gasteiger partial charge is 0.264 e. The van der Waals surface area contributed by atoms with Gasteiger partial charge in [0.15, 0.2) is 6.61 Å². The Morgan fingerprint density at radius 2 is 1.95 bits per heavy atom. The molecule has 1 heterocycles. The molecular formula is C16H14BrNO2S. The molecule has 21 heavy (non-hydrogen) atoms. The first kappa shape index (κ1) is 14.5. The summed E-state index contributed by atoms with van der Waals surface area (Å²) in [6, 6.07) is 15.5. The summed E-state index contributed by atoms with van der Waals surface area (Å²) >= 11 is 5.16. The molecule has 0 aromatic heterocycles. The number of fused-ring (bicyclic) bond motifs is 1. The predicted octanol–water partition coefficient (Wildman–Crippen LogP) is 3.97. The quantitative estimate of drug-likeness (QED) is 0.826. The summed E-state index contributed by atoms with van der Waals surface area (Å²) in [4.78, 5) is 15.3. The van der Waals surface area contributed by atoms with Gasteiger partial charge in [-0.15, -0.1) is 11.8 Å². The van der Waals surface area contributed by atoms with Gasteiger partial charge < -0.3 is 9.64 Å². The highest BCUT2D eigenvalue weighted by atomic mass is 79.9. The van der Waals surface area contributed by atoms with E-state index in [0.29, 0.717) is 5.75 Å². The minimum atomic E-state index is -0.00864. The van der Waals surface area contributed by atoms with Gasteiger partial charge in [-0.3, -0.25) is 4.79 Å². The Kier molecular flexibility index (Phi) is 4.51. The Morgan fingerprint density at radius 1 is 1.19 bits per heavy atom. The second-order valence-electron chi connectivity index (χ2n) is 4.60. The molecule has 1 aliphatic rings. The van der Waals surface area contributed by atoms with Crippen LogP contribution < -0.4 is 9.64 Å². The van der Waals surface area contributed by atoms with Crippen molar-refractivity contribution in [2.75, 3.05) is 23.8 Å². The third-order valence-corrected chi connectivity index (χ3v) is 4.78. The molecule has 5 heteroatoms. The SMILES string of the molecule is O=C(COc1ccc(Br)cc1)N1CCSc2ccccc21. The third kappa shape index (κ3) is 3.41. The van der Waals surface area contributed by atoms with Gasteiger partial charge >= 0.3 is 0 Å². The van der Waals surface area contributed by atoms with Gasteiger partial charge in [-0.2, -0.15) is 0 Å². The standard InChI is InChI=1S/C16H14BrNO2S/c17-12-5-7-13(8-6-12)20-11-16(19)18-9-10-21-15-4-2-1-3-14(15)18/h1-8H,9-11H2. The Hall–Kier alpha value is -1.46. The molecule has 3 rings (SSSR count). The molecule has 108 valence electrons. The van der Waals surface area contributed by atoms with E-state index in [4.69, 9.17) is 4.74 Å². The van der Waals surface area contributed by atoms with Gasteiger partial charge in [-0.05, 0) is 36.4 Å². The van der Waals surface area contributed by atoms with Crippen LogP contribution in [-0.2, 0) is 4.79 Å². The number of carbonyl (C=O) groups excluding carboxylic acids is 1. The number of hydrogen-bond donors (Lipinski definition) is 0. The predicted molar refractivity (Wildman–Crippen MR) is 89.2 cm³/mol. The van der Waals surface area contributed by atoms with Gasteiger partial charge in [0.1, 0.15) is 5.75 Å². The summed E-state index contributed by atoms with van der Waals surface area (Å²) in [5.41, 5.74) is 0.984. The molecule has 1 aliphatic heterocycles. The molecule has 0 spiro atoms. The fraction of sp³-hybridized carbons (Fsp3) is 0.188. The first-order valence-electron chi connectivity index (χ1n) is 6.64. The van der Waals surface area contributed by atoms with Crippen molar-refractivity contribution >= 4 is 39.3 Å². The van der Waals surface area contributed by atoms with Crippen molar-refractivity contribution in [2.45, 2.75) is 4.90 Å². The Morgan fingerprint density at radius 3 is 2.76 bits per heavy atom. The molecule has 0 saturated carbocycles. The fourth-order valence-electron chi connectivity index (χ4n) is 2.18. The molecule has 0 unspecified atom stereocenters. The number of para-hydroxylation sites is 1. The number of amides is 1. The summed E-state index contributed by atoms with van der Waals surface area (Å²) in [5.74, 6) is 1.61. The number of ether oxygens (including phenoxy) is 1. The molecule has 0 radical (unpaired) electrons. The molecule has 0 bridgehead atoms. The number of nitrogens with zero attached hydrogens (tertiary/aromatic N) is 1. The molecule has 2 aromatic rings. The largest absolute Gasteiger partial charge is 0.484 e. The van der Waals surface area contributed by atoms with Crippen molar-refractivity contribution in [2.24, 2.45) is 0 Å². The van der Waals surface area contributed by atoms with Crippen molar-refractivity contribution in [3.05, 3.63) is 53.0 Å². The summed E-state index contributed by atoms with van der Waals surface area (Å²) in [5, 5.41) is 0. The number of hydrogen-bond acceptors (Lipinski definition) is 3. The van der Waals surface area contributed by atoms with E-state index in [9.17, 15) is 4.79 Å². The monoisotopic (exact) mass is 363 g/mol.